The summed E-state index contributed by atoms with van der Waals surface area (Å²) in [7, 11) is 1.61. The molecule has 186 valence electrons. The first-order chi connectivity index (χ1) is 17.6. The Morgan fingerprint density at radius 1 is 1.17 bits per heavy atom. The number of carbonyl (C=O) groups excluding carboxylic acids is 2. The third kappa shape index (κ3) is 4.40. The minimum Gasteiger partial charge on any atom is -0.481 e. The predicted octanol–water partition coefficient (Wildman–Crippen LogP) is 2.73. The Balaban J connectivity index is 1.00. The van der Waals surface area contributed by atoms with Gasteiger partial charge in [0.2, 0.25) is 11.8 Å². The summed E-state index contributed by atoms with van der Waals surface area (Å²) in [5, 5.41) is 6.34. The van der Waals surface area contributed by atoms with E-state index in [0.29, 0.717) is 30.6 Å². The van der Waals surface area contributed by atoms with E-state index >= 15 is 0 Å². The Labute approximate surface area is 212 Å². The normalized spacial score (nSPS) is 19.6. The lowest BCUT2D eigenvalue weighted by molar-refractivity contribution is -0.113. The van der Waals surface area contributed by atoms with Gasteiger partial charge in [-0.3, -0.25) is 14.7 Å². The van der Waals surface area contributed by atoms with Crippen molar-refractivity contribution in [2.24, 2.45) is 5.92 Å². The second-order valence-electron chi connectivity index (χ2n) is 9.11. The van der Waals surface area contributed by atoms with Crippen LogP contribution in [0, 0.1) is 5.92 Å². The number of pyridine rings is 2. The highest BCUT2D eigenvalue weighted by Crippen LogP contribution is 2.35. The van der Waals surface area contributed by atoms with Crippen LogP contribution in [-0.2, 0) is 9.53 Å². The maximum atomic E-state index is 12.5. The Bertz CT molecular complexity index is 1330. The second-order valence-corrected chi connectivity index (χ2v) is 10.1. The van der Waals surface area contributed by atoms with Gasteiger partial charge < -0.3 is 25.0 Å². The van der Waals surface area contributed by atoms with Crippen LogP contribution in [0.4, 0.5) is 21.9 Å². The van der Waals surface area contributed by atoms with Crippen LogP contribution >= 0.6 is 11.8 Å². The molecule has 0 unspecified atom stereocenters. The van der Waals surface area contributed by atoms with Crippen molar-refractivity contribution in [2.75, 3.05) is 60.7 Å². The first-order valence-corrected chi connectivity index (χ1v) is 12.9. The minimum atomic E-state index is -0.362. The molecule has 0 aliphatic carbocycles. The van der Waals surface area contributed by atoms with Crippen molar-refractivity contribution in [3.8, 4) is 5.88 Å². The highest BCUT2D eigenvalue weighted by atomic mass is 32.2. The van der Waals surface area contributed by atoms with Crippen molar-refractivity contribution in [1.82, 2.24) is 15.3 Å². The standard InChI is InChI=1S/C25H26N6O4S/c1-34-23-5-3-18-24(29-23)20(6-7-27-18)30-11-15(12-30)9-26-10-17-13-31(25(33)35-17)16-2-4-21-19(8-16)28-22(32)14-36-21/h2-8,15,17,26H,9-14H2,1H3,(H,28,32)/t17-/m0/s1. The molecule has 10 nitrogen and oxygen atoms in total. The van der Waals surface area contributed by atoms with Gasteiger partial charge >= 0.3 is 6.09 Å². The van der Waals surface area contributed by atoms with E-state index in [9.17, 15) is 9.59 Å². The average Bonchev–Trinajstić information content (AvgIpc) is 3.24. The van der Waals surface area contributed by atoms with Gasteiger partial charge in [-0.15, -0.1) is 11.8 Å². The largest absolute Gasteiger partial charge is 0.481 e. The van der Waals surface area contributed by atoms with Gasteiger partial charge in [0.05, 0.1) is 36.3 Å². The Morgan fingerprint density at radius 3 is 2.92 bits per heavy atom. The number of nitrogens with one attached hydrogen (secondary N) is 2. The lowest BCUT2D eigenvalue weighted by Crippen LogP contribution is -2.51. The third-order valence-electron chi connectivity index (χ3n) is 6.63. The van der Waals surface area contributed by atoms with Crippen LogP contribution in [0.5, 0.6) is 5.88 Å². The van der Waals surface area contributed by atoms with Crippen LogP contribution < -0.4 is 25.2 Å². The lowest BCUT2D eigenvalue weighted by Gasteiger charge is -2.41. The molecule has 36 heavy (non-hydrogen) atoms. The number of anilines is 3. The zero-order valence-corrected chi connectivity index (χ0v) is 20.6. The van der Waals surface area contributed by atoms with E-state index < -0.39 is 0 Å². The molecule has 5 heterocycles. The van der Waals surface area contributed by atoms with Crippen LogP contribution in [0.15, 0.2) is 47.5 Å². The van der Waals surface area contributed by atoms with Gasteiger partial charge in [0, 0.05) is 54.9 Å². The molecule has 2 aromatic heterocycles. The molecule has 2 fully saturated rings. The number of nitrogens with zero attached hydrogens (tertiary/aromatic N) is 4. The first kappa shape index (κ1) is 22.9. The van der Waals surface area contributed by atoms with Gasteiger partial charge in [-0.2, -0.15) is 0 Å². The van der Waals surface area contributed by atoms with Crippen LogP contribution in [0.3, 0.4) is 0 Å². The monoisotopic (exact) mass is 506 g/mol. The number of benzene rings is 1. The molecule has 2 N–H and O–H groups in total. The van der Waals surface area contributed by atoms with Crippen molar-refractivity contribution in [1.29, 1.82) is 0 Å². The highest BCUT2D eigenvalue weighted by molar-refractivity contribution is 8.00. The van der Waals surface area contributed by atoms with Crippen LogP contribution in [0.25, 0.3) is 11.0 Å². The first-order valence-electron chi connectivity index (χ1n) is 11.9. The summed E-state index contributed by atoms with van der Waals surface area (Å²) in [6, 6.07) is 11.4. The molecule has 0 bridgehead atoms. The summed E-state index contributed by atoms with van der Waals surface area (Å²) in [5.41, 5.74) is 4.24. The number of rotatable bonds is 7. The smallest absolute Gasteiger partial charge is 0.414 e. The molecule has 0 radical (unpaired) electrons. The molecule has 1 atom stereocenters. The number of ether oxygens (including phenoxy) is 2. The van der Waals surface area contributed by atoms with Gasteiger partial charge in [0.15, 0.2) is 0 Å². The molecule has 3 aliphatic rings. The predicted molar refractivity (Wildman–Crippen MR) is 138 cm³/mol. The molecule has 0 saturated carbocycles. The van der Waals surface area contributed by atoms with Crippen molar-refractivity contribution >= 4 is 51.9 Å². The van der Waals surface area contributed by atoms with E-state index in [-0.39, 0.29) is 18.1 Å². The fourth-order valence-corrected chi connectivity index (χ4v) is 5.57. The summed E-state index contributed by atoms with van der Waals surface area (Å²) < 4.78 is 10.9. The van der Waals surface area contributed by atoms with E-state index in [1.165, 1.54) is 11.8 Å². The van der Waals surface area contributed by atoms with Gasteiger partial charge in [-0.05, 0) is 30.3 Å². The Kier molecular flexibility index (Phi) is 6.02. The number of methoxy groups -OCH3 is 1. The minimum absolute atomic E-state index is 0.0293. The van der Waals surface area contributed by atoms with Gasteiger partial charge in [-0.1, -0.05) is 0 Å². The number of cyclic esters (lactones) is 1. The summed E-state index contributed by atoms with van der Waals surface area (Å²) in [6.45, 7) is 3.74. The quantitative estimate of drug-likeness (QED) is 0.500. The Morgan fingerprint density at radius 2 is 2.06 bits per heavy atom. The molecule has 2 saturated heterocycles. The van der Waals surface area contributed by atoms with Crippen LogP contribution in [0.2, 0.25) is 0 Å². The van der Waals surface area contributed by atoms with Gasteiger partial charge in [0.1, 0.15) is 11.6 Å². The van der Waals surface area contributed by atoms with E-state index in [1.54, 1.807) is 12.0 Å². The van der Waals surface area contributed by atoms with Crippen LogP contribution in [0.1, 0.15) is 0 Å². The van der Waals surface area contributed by atoms with Gasteiger partial charge in [-0.25, -0.2) is 9.78 Å². The van der Waals surface area contributed by atoms with E-state index in [2.05, 4.69) is 25.5 Å². The molecule has 3 aliphatic heterocycles. The number of hydrogen-bond acceptors (Lipinski definition) is 9. The molecule has 3 aromatic rings. The van der Waals surface area contributed by atoms with E-state index in [0.717, 1.165) is 52.6 Å². The summed E-state index contributed by atoms with van der Waals surface area (Å²) >= 11 is 1.50. The second kappa shape index (κ2) is 9.47. The molecule has 1 aromatic carbocycles. The number of fused-ring (bicyclic) bond motifs is 2. The topological polar surface area (TPSA) is 109 Å². The summed E-state index contributed by atoms with van der Waals surface area (Å²) in [6.07, 6.45) is 1.22. The summed E-state index contributed by atoms with van der Waals surface area (Å²) in [5.74, 6) is 1.46. The van der Waals surface area contributed by atoms with Crippen molar-refractivity contribution in [2.45, 2.75) is 11.0 Å². The van der Waals surface area contributed by atoms with Crippen molar-refractivity contribution in [3.05, 3.63) is 42.6 Å². The van der Waals surface area contributed by atoms with Crippen molar-refractivity contribution in [3.63, 3.8) is 0 Å². The zero-order chi connectivity index (χ0) is 24.6. The fraction of sp³-hybridized carbons (Fsp3) is 0.360. The number of aromatic nitrogens is 2. The SMILES string of the molecule is COc1ccc2nccc(N3CC(CNC[C@H]4CN(c5ccc6c(c5)NC(=O)CS6)C(=O)O4)C3)c2n1. The van der Waals surface area contributed by atoms with E-state index in [1.807, 2.05) is 42.6 Å². The molecular formula is C25H26N6O4S. The number of carbonyl (C=O) groups is 2. The fourth-order valence-electron chi connectivity index (χ4n) is 4.78. The van der Waals surface area contributed by atoms with Gasteiger partial charge in [0.25, 0.3) is 0 Å². The van der Waals surface area contributed by atoms with Crippen LogP contribution in [-0.4, -0.2) is 73.7 Å². The highest BCUT2D eigenvalue weighted by Gasteiger charge is 2.34. The Hall–Kier alpha value is -3.57. The number of thioether (sulfide) groups is 1. The van der Waals surface area contributed by atoms with E-state index in [4.69, 9.17) is 9.47 Å². The van der Waals surface area contributed by atoms with Crippen molar-refractivity contribution < 1.29 is 19.1 Å². The summed E-state index contributed by atoms with van der Waals surface area (Å²) in [4.78, 5) is 38.1. The average molecular weight is 507 g/mol. The lowest BCUT2D eigenvalue weighted by atomic mass is 9.99. The maximum Gasteiger partial charge on any atom is 0.414 e. The number of amides is 2. The number of hydrogen-bond donors (Lipinski definition) is 2. The third-order valence-corrected chi connectivity index (χ3v) is 7.70. The molecule has 11 heteroatoms. The molecular weight excluding hydrogens is 480 g/mol. The maximum absolute atomic E-state index is 12.5. The molecule has 2 amide bonds. The molecule has 6 rings (SSSR count). The zero-order valence-electron chi connectivity index (χ0n) is 19.8. The molecule has 0 spiro atoms.